The third-order valence-corrected chi connectivity index (χ3v) is 1.85. The second-order valence-corrected chi connectivity index (χ2v) is 2.93. The molecule has 0 spiro atoms. The van der Waals surface area contributed by atoms with E-state index >= 15 is 0 Å². The molecule has 0 heterocycles. The third-order valence-electron chi connectivity index (χ3n) is 1.85. The Labute approximate surface area is 88.0 Å². The Morgan fingerprint density at radius 2 is 2.13 bits per heavy atom. The fourth-order valence-electron chi connectivity index (χ4n) is 1.21. The largest absolute Gasteiger partial charge is 0.354 e. The zero-order valence-electron chi connectivity index (χ0n) is 8.13. The van der Waals surface area contributed by atoms with Crippen LogP contribution >= 0.6 is 0 Å². The van der Waals surface area contributed by atoms with E-state index in [-0.39, 0.29) is 13.2 Å². The van der Waals surface area contributed by atoms with Crippen molar-refractivity contribution in [3.63, 3.8) is 0 Å². The van der Waals surface area contributed by atoms with Crippen LogP contribution in [0.3, 0.4) is 0 Å². The molecule has 1 rings (SSSR count). The van der Waals surface area contributed by atoms with Crippen LogP contribution in [0.1, 0.15) is 11.7 Å². The molecule has 0 aliphatic rings. The lowest BCUT2D eigenvalue weighted by Crippen LogP contribution is -2.15. The molecule has 0 radical (unpaired) electrons. The average Bonchev–Trinajstić information content (AvgIpc) is 2.25. The van der Waals surface area contributed by atoms with Crippen molar-refractivity contribution in [2.24, 2.45) is 0 Å². The van der Waals surface area contributed by atoms with E-state index in [9.17, 15) is 10.1 Å². The summed E-state index contributed by atoms with van der Waals surface area (Å²) < 4.78 is 5.21. The molecule has 0 aliphatic carbocycles. The molecule has 0 amide bonds. The maximum Gasteiger partial charge on any atom is 0.233 e. The van der Waals surface area contributed by atoms with Crippen molar-refractivity contribution in [3.05, 3.63) is 46.0 Å². The summed E-state index contributed by atoms with van der Waals surface area (Å²) in [6, 6.07) is 9.02. The smallest absolute Gasteiger partial charge is 0.233 e. The number of rotatable bonds is 5. The van der Waals surface area contributed by atoms with Crippen LogP contribution < -0.4 is 0 Å². The van der Waals surface area contributed by atoms with E-state index in [4.69, 9.17) is 11.2 Å². The molecule has 0 N–H and O–H groups in total. The maximum absolute atomic E-state index is 10.4. The number of nitrogens with zero attached hydrogens (tertiary/aromatic N) is 1. The van der Waals surface area contributed by atoms with Crippen LogP contribution in [0.2, 0.25) is 0 Å². The molecule has 0 bridgehead atoms. The minimum atomic E-state index is -0.572. The van der Waals surface area contributed by atoms with Gasteiger partial charge in [0.25, 0.3) is 0 Å². The Kier molecular flexibility index (Phi) is 4.32. The highest BCUT2D eigenvalue weighted by Gasteiger charge is 2.17. The van der Waals surface area contributed by atoms with Gasteiger partial charge in [-0.2, -0.15) is 0 Å². The average molecular weight is 205 g/mol. The molecule has 4 heteroatoms. The van der Waals surface area contributed by atoms with Crippen LogP contribution in [0, 0.1) is 22.5 Å². The standard InChI is InChI=1S/C11H11NO3/c1-2-8-15-11(9-12(13)14)10-6-4-3-5-7-10/h1,3-7,11H,8-9H2. The van der Waals surface area contributed by atoms with Gasteiger partial charge < -0.3 is 4.74 Å². The van der Waals surface area contributed by atoms with Crippen LogP contribution in [-0.2, 0) is 4.74 Å². The maximum atomic E-state index is 10.4. The molecule has 0 fully saturated rings. The topological polar surface area (TPSA) is 52.4 Å². The molecule has 15 heavy (non-hydrogen) atoms. The molecule has 0 aliphatic heterocycles. The number of terminal acetylenes is 1. The first kappa shape index (κ1) is 11.2. The molecule has 78 valence electrons. The molecule has 0 saturated heterocycles. The lowest BCUT2D eigenvalue weighted by Gasteiger charge is -2.12. The first-order chi connectivity index (χ1) is 7.24. The first-order valence-electron chi connectivity index (χ1n) is 4.46. The van der Waals surface area contributed by atoms with E-state index in [1.54, 1.807) is 12.1 Å². The Hall–Kier alpha value is -1.86. The zero-order valence-corrected chi connectivity index (χ0v) is 8.13. The van der Waals surface area contributed by atoms with Gasteiger partial charge in [0.2, 0.25) is 6.54 Å². The highest BCUT2D eigenvalue weighted by molar-refractivity contribution is 5.17. The van der Waals surface area contributed by atoms with E-state index in [2.05, 4.69) is 5.92 Å². The van der Waals surface area contributed by atoms with Gasteiger partial charge in [0, 0.05) is 4.92 Å². The van der Waals surface area contributed by atoms with Gasteiger partial charge in [0.05, 0.1) is 0 Å². The van der Waals surface area contributed by atoms with Gasteiger partial charge >= 0.3 is 0 Å². The van der Waals surface area contributed by atoms with Gasteiger partial charge in [-0.25, -0.2) is 0 Å². The number of benzene rings is 1. The summed E-state index contributed by atoms with van der Waals surface area (Å²) in [5, 5.41) is 10.4. The van der Waals surface area contributed by atoms with Crippen LogP contribution in [0.15, 0.2) is 30.3 Å². The van der Waals surface area contributed by atoms with Crippen molar-refractivity contribution in [2.45, 2.75) is 6.10 Å². The summed E-state index contributed by atoms with van der Waals surface area (Å²) in [6.07, 6.45) is 4.47. The summed E-state index contributed by atoms with van der Waals surface area (Å²) in [5.41, 5.74) is 0.768. The molecule has 1 aromatic rings. The minimum absolute atomic E-state index is 0.0768. The number of hydrogen-bond donors (Lipinski definition) is 0. The van der Waals surface area contributed by atoms with E-state index in [0.29, 0.717) is 0 Å². The van der Waals surface area contributed by atoms with E-state index in [1.165, 1.54) is 0 Å². The fraction of sp³-hybridized carbons (Fsp3) is 0.273. The first-order valence-corrected chi connectivity index (χ1v) is 4.46. The van der Waals surface area contributed by atoms with Gasteiger partial charge in [0.1, 0.15) is 12.7 Å². The molecule has 4 nitrogen and oxygen atoms in total. The van der Waals surface area contributed by atoms with Crippen LogP contribution in [-0.4, -0.2) is 18.1 Å². The molecule has 1 atom stereocenters. The molecule has 1 unspecified atom stereocenters. The van der Waals surface area contributed by atoms with Gasteiger partial charge in [-0.1, -0.05) is 36.3 Å². The van der Waals surface area contributed by atoms with Crippen molar-refractivity contribution in [1.29, 1.82) is 0 Å². The second-order valence-electron chi connectivity index (χ2n) is 2.93. The molecule has 1 aromatic carbocycles. The monoisotopic (exact) mass is 205 g/mol. The van der Waals surface area contributed by atoms with Crippen LogP contribution in [0.25, 0.3) is 0 Å². The second kappa shape index (κ2) is 5.78. The van der Waals surface area contributed by atoms with Crippen molar-refractivity contribution in [2.75, 3.05) is 13.2 Å². The van der Waals surface area contributed by atoms with Crippen molar-refractivity contribution < 1.29 is 9.66 Å². The van der Waals surface area contributed by atoms with Crippen molar-refractivity contribution in [3.8, 4) is 12.3 Å². The summed E-state index contributed by atoms with van der Waals surface area (Å²) in [7, 11) is 0. The molecular weight excluding hydrogens is 194 g/mol. The fourth-order valence-corrected chi connectivity index (χ4v) is 1.21. The summed E-state index contributed by atoms with van der Waals surface area (Å²) >= 11 is 0. The minimum Gasteiger partial charge on any atom is -0.354 e. The summed E-state index contributed by atoms with van der Waals surface area (Å²) in [5.74, 6) is 2.30. The quantitative estimate of drug-likeness (QED) is 0.417. The van der Waals surface area contributed by atoms with Gasteiger partial charge in [-0.3, -0.25) is 10.1 Å². The van der Waals surface area contributed by atoms with Crippen LogP contribution in [0.5, 0.6) is 0 Å². The number of hydrogen-bond acceptors (Lipinski definition) is 3. The van der Waals surface area contributed by atoms with Crippen LogP contribution in [0.4, 0.5) is 0 Å². The summed E-state index contributed by atoms with van der Waals surface area (Å²) in [6.45, 7) is -0.195. The third kappa shape index (κ3) is 3.79. The van der Waals surface area contributed by atoms with Gasteiger partial charge in [-0.15, -0.1) is 6.42 Å². The zero-order chi connectivity index (χ0) is 11.1. The van der Waals surface area contributed by atoms with Gasteiger partial charge in [0.15, 0.2) is 0 Å². The Balaban J connectivity index is 2.72. The van der Waals surface area contributed by atoms with Gasteiger partial charge in [-0.05, 0) is 5.56 Å². The Morgan fingerprint density at radius 3 is 2.67 bits per heavy atom. The van der Waals surface area contributed by atoms with E-state index in [0.717, 1.165) is 5.56 Å². The SMILES string of the molecule is C#CCOC(C[N+](=O)[O-])c1ccccc1. The number of ether oxygens (including phenoxy) is 1. The molecule has 0 aromatic heterocycles. The lowest BCUT2D eigenvalue weighted by atomic mass is 10.1. The lowest BCUT2D eigenvalue weighted by molar-refractivity contribution is -0.492. The number of nitro groups is 1. The van der Waals surface area contributed by atoms with Crippen molar-refractivity contribution in [1.82, 2.24) is 0 Å². The predicted octanol–water partition coefficient (Wildman–Crippen LogP) is 1.65. The Morgan fingerprint density at radius 1 is 1.47 bits per heavy atom. The molecular formula is C11H11NO3. The summed E-state index contributed by atoms with van der Waals surface area (Å²) in [4.78, 5) is 10.0. The highest BCUT2D eigenvalue weighted by Crippen LogP contribution is 2.16. The molecule has 0 saturated carbocycles. The van der Waals surface area contributed by atoms with E-state index in [1.807, 2.05) is 18.2 Å². The Bertz CT molecular complexity index is 356. The van der Waals surface area contributed by atoms with E-state index < -0.39 is 11.0 Å². The normalized spacial score (nSPS) is 11.7. The van der Waals surface area contributed by atoms with Crippen molar-refractivity contribution >= 4 is 0 Å². The predicted molar refractivity (Wildman–Crippen MR) is 55.8 cm³/mol. The highest BCUT2D eigenvalue weighted by atomic mass is 16.6.